The molecule has 2 fully saturated rings. The van der Waals surface area contributed by atoms with Gasteiger partial charge < -0.3 is 10.2 Å². The number of nitrogens with one attached hydrogen (secondary N) is 1. The predicted octanol–water partition coefficient (Wildman–Crippen LogP) is 2.43. The van der Waals surface area contributed by atoms with Crippen molar-refractivity contribution in [1.29, 1.82) is 0 Å². The van der Waals surface area contributed by atoms with Crippen LogP contribution in [0.15, 0.2) is 0 Å². The summed E-state index contributed by atoms with van der Waals surface area (Å²) in [5.41, 5.74) is 0. The molecule has 5 unspecified atom stereocenters. The van der Waals surface area contributed by atoms with Gasteiger partial charge in [-0.1, -0.05) is 20.8 Å². The Bertz CT molecular complexity index is 292. The van der Waals surface area contributed by atoms with Gasteiger partial charge in [0.25, 0.3) is 0 Å². The van der Waals surface area contributed by atoms with Crippen molar-refractivity contribution >= 4 is 0 Å². The summed E-state index contributed by atoms with van der Waals surface area (Å²) in [4.78, 5) is 5.22. The smallest absolute Gasteiger partial charge is 0.0275 e. The van der Waals surface area contributed by atoms with Crippen LogP contribution in [-0.2, 0) is 0 Å². The summed E-state index contributed by atoms with van der Waals surface area (Å²) < 4.78 is 0. The van der Waals surface area contributed by atoms with Crippen molar-refractivity contribution in [3.63, 3.8) is 0 Å². The molecule has 1 heterocycles. The monoisotopic (exact) mass is 281 g/mol. The van der Waals surface area contributed by atoms with Crippen LogP contribution in [0.1, 0.15) is 46.5 Å². The van der Waals surface area contributed by atoms with Crippen LogP contribution in [0.25, 0.3) is 0 Å². The Morgan fingerprint density at radius 2 is 1.95 bits per heavy atom. The molecule has 0 aromatic carbocycles. The highest BCUT2D eigenvalue weighted by Crippen LogP contribution is 2.34. The van der Waals surface area contributed by atoms with Gasteiger partial charge in [-0.15, -0.1) is 0 Å². The molecule has 0 aromatic heterocycles. The lowest BCUT2D eigenvalue weighted by Gasteiger charge is -2.49. The predicted molar refractivity (Wildman–Crippen MR) is 87.1 cm³/mol. The molecular weight excluding hydrogens is 246 g/mol. The van der Waals surface area contributed by atoms with Crippen molar-refractivity contribution in [2.45, 2.75) is 64.6 Å². The third kappa shape index (κ3) is 3.75. The van der Waals surface area contributed by atoms with Crippen LogP contribution in [0.4, 0.5) is 0 Å². The molecule has 0 spiro atoms. The fourth-order valence-electron chi connectivity index (χ4n) is 4.60. The van der Waals surface area contributed by atoms with E-state index < -0.39 is 0 Å². The molecule has 1 N–H and O–H groups in total. The van der Waals surface area contributed by atoms with E-state index in [1.807, 2.05) is 0 Å². The second kappa shape index (κ2) is 7.24. The Labute approximate surface area is 126 Å². The Kier molecular flexibility index (Phi) is 5.88. The van der Waals surface area contributed by atoms with Gasteiger partial charge >= 0.3 is 0 Å². The quantitative estimate of drug-likeness (QED) is 0.854. The van der Waals surface area contributed by atoms with Crippen LogP contribution in [0.3, 0.4) is 0 Å². The fourth-order valence-corrected chi connectivity index (χ4v) is 4.60. The first kappa shape index (κ1) is 16.3. The SMILES string of the molecule is CCNC1CC(C)CC(C)C1N1CCCC(N(C)C)C1. The van der Waals surface area contributed by atoms with Crippen LogP contribution in [-0.4, -0.2) is 61.7 Å². The number of likely N-dealkylation sites (N-methyl/N-ethyl adjacent to an activating group) is 2. The van der Waals surface area contributed by atoms with Gasteiger partial charge in [0.2, 0.25) is 0 Å². The number of rotatable bonds is 4. The molecule has 1 saturated carbocycles. The largest absolute Gasteiger partial charge is 0.313 e. The van der Waals surface area contributed by atoms with Crippen molar-refractivity contribution in [3.05, 3.63) is 0 Å². The Morgan fingerprint density at radius 3 is 2.60 bits per heavy atom. The lowest BCUT2D eigenvalue weighted by atomic mass is 9.75. The van der Waals surface area contributed by atoms with Gasteiger partial charge in [-0.2, -0.15) is 0 Å². The fraction of sp³-hybridized carbons (Fsp3) is 1.00. The van der Waals surface area contributed by atoms with Crippen molar-refractivity contribution in [2.75, 3.05) is 33.7 Å². The van der Waals surface area contributed by atoms with E-state index in [4.69, 9.17) is 0 Å². The van der Waals surface area contributed by atoms with Crippen molar-refractivity contribution < 1.29 is 0 Å². The second-order valence-electron chi connectivity index (χ2n) is 7.46. The normalized spacial score (nSPS) is 40.2. The van der Waals surface area contributed by atoms with Crippen molar-refractivity contribution in [1.82, 2.24) is 15.1 Å². The third-order valence-electron chi connectivity index (χ3n) is 5.47. The highest BCUT2D eigenvalue weighted by Gasteiger charge is 2.39. The van der Waals surface area contributed by atoms with E-state index in [-0.39, 0.29) is 0 Å². The van der Waals surface area contributed by atoms with Gasteiger partial charge in [0.1, 0.15) is 0 Å². The highest BCUT2D eigenvalue weighted by atomic mass is 15.2. The molecule has 0 bridgehead atoms. The molecule has 1 aliphatic heterocycles. The van der Waals surface area contributed by atoms with E-state index in [1.165, 1.54) is 38.8 Å². The number of hydrogen-bond acceptors (Lipinski definition) is 3. The molecule has 5 atom stereocenters. The van der Waals surface area contributed by atoms with E-state index in [9.17, 15) is 0 Å². The van der Waals surface area contributed by atoms with Crippen LogP contribution < -0.4 is 5.32 Å². The molecule has 3 heteroatoms. The molecule has 1 aliphatic carbocycles. The van der Waals surface area contributed by atoms with Gasteiger partial charge in [0, 0.05) is 24.7 Å². The average molecular weight is 281 g/mol. The average Bonchev–Trinajstić information content (AvgIpc) is 2.38. The van der Waals surface area contributed by atoms with E-state index >= 15 is 0 Å². The molecule has 0 aromatic rings. The van der Waals surface area contributed by atoms with Crippen LogP contribution in [0.5, 0.6) is 0 Å². The molecule has 20 heavy (non-hydrogen) atoms. The summed E-state index contributed by atoms with van der Waals surface area (Å²) in [5.74, 6) is 1.70. The summed E-state index contributed by atoms with van der Waals surface area (Å²) >= 11 is 0. The minimum absolute atomic E-state index is 0.694. The first-order valence-electron chi connectivity index (χ1n) is 8.66. The maximum atomic E-state index is 3.78. The maximum Gasteiger partial charge on any atom is 0.0275 e. The molecule has 0 radical (unpaired) electrons. The standard InChI is InChI=1S/C17H35N3/c1-6-18-16-11-13(2)10-14(3)17(16)20-9-7-8-15(12-20)19(4)5/h13-18H,6-12H2,1-5H3. The number of hydrogen-bond donors (Lipinski definition) is 1. The molecule has 2 rings (SSSR count). The zero-order valence-corrected chi connectivity index (χ0v) is 14.2. The van der Waals surface area contributed by atoms with E-state index in [2.05, 4.69) is 50.0 Å². The third-order valence-corrected chi connectivity index (χ3v) is 5.47. The Hall–Kier alpha value is -0.120. The number of nitrogens with zero attached hydrogens (tertiary/aromatic N) is 2. The molecule has 3 nitrogen and oxygen atoms in total. The molecule has 118 valence electrons. The highest BCUT2D eigenvalue weighted by molar-refractivity contribution is 4.96. The second-order valence-corrected chi connectivity index (χ2v) is 7.46. The van der Waals surface area contributed by atoms with E-state index in [1.54, 1.807) is 0 Å². The number of likely N-dealkylation sites (tertiary alicyclic amines) is 1. The zero-order chi connectivity index (χ0) is 14.7. The minimum Gasteiger partial charge on any atom is -0.313 e. The van der Waals surface area contributed by atoms with Gasteiger partial charge in [0.05, 0.1) is 0 Å². The van der Waals surface area contributed by atoms with Gasteiger partial charge in [-0.05, 0) is 64.7 Å². The number of piperidine rings is 1. The molecule has 2 aliphatic rings. The van der Waals surface area contributed by atoms with Crippen LogP contribution in [0.2, 0.25) is 0 Å². The van der Waals surface area contributed by atoms with Gasteiger partial charge in [0.15, 0.2) is 0 Å². The summed E-state index contributed by atoms with van der Waals surface area (Å²) in [5, 5.41) is 3.78. The van der Waals surface area contributed by atoms with Crippen molar-refractivity contribution in [2.24, 2.45) is 11.8 Å². The topological polar surface area (TPSA) is 18.5 Å². The van der Waals surface area contributed by atoms with Crippen molar-refractivity contribution in [3.8, 4) is 0 Å². The summed E-state index contributed by atoms with van der Waals surface area (Å²) in [6.45, 7) is 10.8. The molecule has 0 amide bonds. The summed E-state index contributed by atoms with van der Waals surface area (Å²) in [6, 6.07) is 2.19. The first-order chi connectivity index (χ1) is 9.52. The van der Waals surface area contributed by atoms with Crippen LogP contribution >= 0.6 is 0 Å². The summed E-state index contributed by atoms with van der Waals surface area (Å²) in [6.07, 6.45) is 5.48. The zero-order valence-electron chi connectivity index (χ0n) is 14.2. The molecule has 1 saturated heterocycles. The lowest BCUT2D eigenvalue weighted by Crippen LogP contribution is -2.60. The van der Waals surface area contributed by atoms with Gasteiger partial charge in [-0.3, -0.25) is 4.90 Å². The minimum atomic E-state index is 0.694. The maximum absolute atomic E-state index is 3.78. The Morgan fingerprint density at radius 1 is 1.20 bits per heavy atom. The summed E-state index contributed by atoms with van der Waals surface area (Å²) in [7, 11) is 4.48. The van der Waals surface area contributed by atoms with Gasteiger partial charge in [-0.25, -0.2) is 0 Å². The van der Waals surface area contributed by atoms with E-state index in [0.717, 1.165) is 30.5 Å². The van der Waals surface area contributed by atoms with E-state index in [0.29, 0.717) is 6.04 Å². The first-order valence-corrected chi connectivity index (χ1v) is 8.66. The van der Waals surface area contributed by atoms with Crippen LogP contribution in [0, 0.1) is 11.8 Å². The molecular formula is C17H35N3. The Balaban J connectivity index is 2.06. The lowest BCUT2D eigenvalue weighted by molar-refractivity contribution is 0.0231.